The number of amides is 1. The van der Waals surface area contributed by atoms with Gasteiger partial charge in [-0.25, -0.2) is 0 Å². The average Bonchev–Trinajstić information content (AvgIpc) is 2.62. The zero-order chi connectivity index (χ0) is 20.5. The third kappa shape index (κ3) is 2.06. The van der Waals surface area contributed by atoms with Crippen molar-refractivity contribution in [3.63, 3.8) is 0 Å². The maximum atomic E-state index is 13.3. The Bertz CT molecular complexity index is 1020. The average molecular weight is 385 g/mol. The number of carbonyl (C=O) groups is 3. The van der Waals surface area contributed by atoms with Gasteiger partial charge in [0.25, 0.3) is 5.91 Å². The molecule has 6 N–H and O–H groups in total. The Morgan fingerprint density at radius 1 is 1.21 bits per heavy atom. The molecule has 3 unspecified atom stereocenters. The van der Waals surface area contributed by atoms with E-state index in [9.17, 15) is 34.8 Å². The molecule has 0 aliphatic heterocycles. The van der Waals surface area contributed by atoms with Gasteiger partial charge in [-0.05, 0) is 29.9 Å². The van der Waals surface area contributed by atoms with Crippen molar-refractivity contribution in [3.8, 4) is 5.75 Å². The van der Waals surface area contributed by atoms with Crippen LogP contribution in [0.1, 0.15) is 36.8 Å². The van der Waals surface area contributed by atoms with Crippen molar-refractivity contribution in [3.05, 3.63) is 46.2 Å². The second-order valence-electron chi connectivity index (χ2n) is 7.64. The van der Waals surface area contributed by atoms with Gasteiger partial charge in [0.15, 0.2) is 11.4 Å². The number of benzene rings is 1. The van der Waals surface area contributed by atoms with E-state index < -0.39 is 52.0 Å². The standard InChI is InChI=1S/C20H19NO7/c1-7-9-3-2-4-11(22)13(9)16(24)14-10(7)5-8-6-12(23)15(19(21)27)18(26)20(8,28)17(14)25/h2-4,7-8,10,22,24,26,28H,5-6H2,1H3,(H2,21,27)/t7?,8?,10?,20-/m0/s1. The molecule has 0 bridgehead atoms. The van der Waals surface area contributed by atoms with Gasteiger partial charge in [-0.3, -0.25) is 14.4 Å². The van der Waals surface area contributed by atoms with Crippen LogP contribution in [0.15, 0.2) is 35.1 Å². The number of fused-ring (bicyclic) bond motifs is 3. The van der Waals surface area contributed by atoms with Crippen LogP contribution in [0, 0.1) is 11.8 Å². The Hall–Kier alpha value is -3.13. The maximum absolute atomic E-state index is 13.3. The minimum Gasteiger partial charge on any atom is -0.508 e. The quantitative estimate of drug-likeness (QED) is 0.451. The van der Waals surface area contributed by atoms with E-state index in [2.05, 4.69) is 0 Å². The van der Waals surface area contributed by atoms with E-state index in [1.54, 1.807) is 12.1 Å². The number of nitrogens with two attached hydrogens (primary N) is 1. The molecule has 4 rings (SSSR count). The molecule has 3 aliphatic rings. The van der Waals surface area contributed by atoms with Gasteiger partial charge in [-0.15, -0.1) is 0 Å². The van der Waals surface area contributed by atoms with Crippen LogP contribution < -0.4 is 5.73 Å². The summed E-state index contributed by atoms with van der Waals surface area (Å²) in [5, 5.41) is 42.5. The molecule has 0 spiro atoms. The number of aliphatic hydroxyl groups excluding tert-OH is 2. The number of hydrogen-bond donors (Lipinski definition) is 5. The van der Waals surface area contributed by atoms with E-state index in [1.807, 2.05) is 6.92 Å². The second kappa shape index (κ2) is 5.68. The van der Waals surface area contributed by atoms with Crippen molar-refractivity contribution < 1.29 is 34.8 Å². The second-order valence-corrected chi connectivity index (χ2v) is 7.64. The summed E-state index contributed by atoms with van der Waals surface area (Å²) in [6, 6.07) is 4.73. The van der Waals surface area contributed by atoms with Crippen LogP contribution in [0.5, 0.6) is 5.75 Å². The van der Waals surface area contributed by atoms with Crippen molar-refractivity contribution in [2.24, 2.45) is 17.6 Å². The van der Waals surface area contributed by atoms with Crippen molar-refractivity contribution in [1.82, 2.24) is 0 Å². The largest absolute Gasteiger partial charge is 0.508 e. The molecule has 8 heteroatoms. The minimum absolute atomic E-state index is 0.0992. The van der Waals surface area contributed by atoms with Crippen LogP contribution in [0.4, 0.5) is 0 Å². The summed E-state index contributed by atoms with van der Waals surface area (Å²) in [7, 11) is 0. The van der Waals surface area contributed by atoms with E-state index in [-0.39, 0.29) is 35.6 Å². The topological polar surface area (TPSA) is 158 Å². The number of hydrogen-bond acceptors (Lipinski definition) is 7. The molecule has 28 heavy (non-hydrogen) atoms. The highest BCUT2D eigenvalue weighted by Crippen LogP contribution is 2.55. The molecular formula is C20H19NO7. The van der Waals surface area contributed by atoms with Gasteiger partial charge in [0.2, 0.25) is 5.78 Å². The molecule has 1 fully saturated rings. The molecule has 146 valence electrons. The first-order valence-electron chi connectivity index (χ1n) is 8.89. The van der Waals surface area contributed by atoms with Crippen molar-refractivity contribution in [2.75, 3.05) is 0 Å². The predicted molar refractivity (Wildman–Crippen MR) is 96.1 cm³/mol. The molecule has 3 aliphatic carbocycles. The van der Waals surface area contributed by atoms with Crippen LogP contribution >= 0.6 is 0 Å². The first-order chi connectivity index (χ1) is 13.1. The molecule has 1 aromatic carbocycles. The van der Waals surface area contributed by atoms with Crippen LogP contribution in [0.25, 0.3) is 5.76 Å². The summed E-state index contributed by atoms with van der Waals surface area (Å²) in [6.07, 6.45) is -0.200. The van der Waals surface area contributed by atoms with Gasteiger partial charge >= 0.3 is 0 Å². The Balaban J connectivity index is 1.97. The van der Waals surface area contributed by atoms with Crippen LogP contribution in [-0.4, -0.2) is 43.5 Å². The first kappa shape index (κ1) is 18.2. The highest BCUT2D eigenvalue weighted by atomic mass is 16.3. The summed E-state index contributed by atoms with van der Waals surface area (Å²) in [5.41, 5.74) is 2.43. The fourth-order valence-corrected chi connectivity index (χ4v) is 4.87. The molecule has 0 aromatic heterocycles. The number of carbonyl (C=O) groups excluding carboxylic acids is 3. The Morgan fingerprint density at radius 2 is 1.89 bits per heavy atom. The monoisotopic (exact) mass is 385 g/mol. The fraction of sp³-hybridized carbons (Fsp3) is 0.350. The highest BCUT2D eigenvalue weighted by molar-refractivity contribution is 6.22. The number of Topliss-reactive ketones (excluding diaryl/α,β-unsaturated/α-hetero) is 2. The van der Waals surface area contributed by atoms with Crippen molar-refractivity contribution in [2.45, 2.75) is 31.3 Å². The molecule has 8 nitrogen and oxygen atoms in total. The lowest BCUT2D eigenvalue weighted by molar-refractivity contribution is -0.148. The van der Waals surface area contributed by atoms with Crippen LogP contribution in [0.2, 0.25) is 0 Å². The molecule has 1 saturated carbocycles. The zero-order valence-electron chi connectivity index (χ0n) is 15.0. The van der Waals surface area contributed by atoms with Crippen molar-refractivity contribution in [1.29, 1.82) is 0 Å². The fourth-order valence-electron chi connectivity index (χ4n) is 4.87. The lowest BCUT2D eigenvalue weighted by Gasteiger charge is -2.47. The smallest absolute Gasteiger partial charge is 0.255 e. The summed E-state index contributed by atoms with van der Waals surface area (Å²) in [5.74, 6) is -6.49. The van der Waals surface area contributed by atoms with E-state index in [4.69, 9.17) is 5.73 Å². The van der Waals surface area contributed by atoms with E-state index in [0.717, 1.165) is 0 Å². The molecule has 1 amide bonds. The molecule has 0 saturated heterocycles. The Morgan fingerprint density at radius 3 is 2.54 bits per heavy atom. The van der Waals surface area contributed by atoms with Crippen LogP contribution in [-0.2, 0) is 14.4 Å². The number of rotatable bonds is 1. The molecule has 1 aromatic rings. The Labute approximate surface area is 159 Å². The summed E-state index contributed by atoms with van der Waals surface area (Å²) < 4.78 is 0. The maximum Gasteiger partial charge on any atom is 0.255 e. The number of phenols is 1. The third-order valence-corrected chi connectivity index (χ3v) is 6.31. The number of phenolic OH excluding ortho intramolecular Hbond substituents is 1. The molecular weight excluding hydrogens is 366 g/mol. The highest BCUT2D eigenvalue weighted by Gasteiger charge is 2.61. The van der Waals surface area contributed by atoms with Gasteiger partial charge in [0, 0.05) is 17.9 Å². The summed E-state index contributed by atoms with van der Waals surface area (Å²) in [6.45, 7) is 1.82. The first-order valence-corrected chi connectivity index (χ1v) is 8.89. The normalized spacial score (nSPS) is 32.0. The number of aromatic hydroxyl groups is 1. The SMILES string of the molecule is CC1c2cccc(O)c2C(O)=C2C(=O)[C@]3(O)C(O)=C(C(N)=O)C(=O)CC3CC21. The molecule has 4 atom stereocenters. The zero-order valence-corrected chi connectivity index (χ0v) is 15.0. The van der Waals surface area contributed by atoms with Crippen LogP contribution in [0.3, 0.4) is 0 Å². The van der Waals surface area contributed by atoms with Gasteiger partial charge in [0.05, 0.1) is 5.56 Å². The Kier molecular flexibility index (Phi) is 3.70. The predicted octanol–water partition coefficient (Wildman–Crippen LogP) is 0.985. The van der Waals surface area contributed by atoms with Gasteiger partial charge in [-0.1, -0.05) is 19.1 Å². The van der Waals surface area contributed by atoms with Gasteiger partial charge in [0.1, 0.15) is 22.8 Å². The van der Waals surface area contributed by atoms with Gasteiger partial charge in [-0.2, -0.15) is 0 Å². The van der Waals surface area contributed by atoms with Crippen molar-refractivity contribution >= 4 is 23.2 Å². The lowest BCUT2D eigenvalue weighted by atomic mass is 9.57. The number of ketones is 2. The summed E-state index contributed by atoms with van der Waals surface area (Å²) in [4.78, 5) is 37.1. The minimum atomic E-state index is -2.53. The third-order valence-electron chi connectivity index (χ3n) is 6.31. The van der Waals surface area contributed by atoms with E-state index in [1.165, 1.54) is 6.07 Å². The van der Waals surface area contributed by atoms with E-state index >= 15 is 0 Å². The molecule has 0 heterocycles. The van der Waals surface area contributed by atoms with E-state index in [0.29, 0.717) is 5.56 Å². The molecule has 0 radical (unpaired) electrons. The lowest BCUT2D eigenvalue weighted by Crippen LogP contribution is -2.58. The van der Waals surface area contributed by atoms with Gasteiger partial charge < -0.3 is 26.2 Å². The summed E-state index contributed by atoms with van der Waals surface area (Å²) >= 11 is 0. The number of aliphatic hydroxyl groups is 3. The number of primary amides is 1.